The van der Waals surface area contributed by atoms with Crippen LogP contribution >= 0.6 is 0 Å². The Morgan fingerprint density at radius 1 is 1.19 bits per heavy atom. The van der Waals surface area contributed by atoms with Gasteiger partial charge in [-0.05, 0) is 29.2 Å². The predicted molar refractivity (Wildman–Crippen MR) is 67.2 cm³/mol. The molecule has 1 heteroatoms. The second-order valence-corrected chi connectivity index (χ2v) is 5.97. The van der Waals surface area contributed by atoms with Gasteiger partial charge in [-0.1, -0.05) is 51.1 Å². The van der Waals surface area contributed by atoms with Crippen LogP contribution in [-0.4, -0.2) is 6.61 Å². The van der Waals surface area contributed by atoms with Gasteiger partial charge in [0, 0.05) is 0 Å². The third-order valence-corrected chi connectivity index (χ3v) is 3.48. The Hall–Kier alpha value is -0.820. The van der Waals surface area contributed by atoms with Gasteiger partial charge in [-0.3, -0.25) is 0 Å². The van der Waals surface area contributed by atoms with Crippen LogP contribution in [0.2, 0.25) is 0 Å². The summed E-state index contributed by atoms with van der Waals surface area (Å²) < 4.78 is 5.77. The summed E-state index contributed by atoms with van der Waals surface area (Å²) in [4.78, 5) is 0. The van der Waals surface area contributed by atoms with Gasteiger partial charge in [-0.15, -0.1) is 0 Å². The molecule has 0 radical (unpaired) electrons. The SMILES string of the molecule is CC(C)(C)C1CC1COCc1ccccc1. The molecule has 88 valence electrons. The molecule has 1 aromatic rings. The maximum Gasteiger partial charge on any atom is 0.0717 e. The van der Waals surface area contributed by atoms with Crippen molar-refractivity contribution < 1.29 is 4.74 Å². The minimum Gasteiger partial charge on any atom is -0.376 e. The summed E-state index contributed by atoms with van der Waals surface area (Å²) in [5.74, 6) is 1.66. The van der Waals surface area contributed by atoms with Crippen LogP contribution in [0.25, 0.3) is 0 Å². The average Bonchev–Trinajstić information content (AvgIpc) is 2.98. The third-order valence-electron chi connectivity index (χ3n) is 3.48. The zero-order chi connectivity index (χ0) is 11.6. The van der Waals surface area contributed by atoms with Gasteiger partial charge in [-0.25, -0.2) is 0 Å². The minimum absolute atomic E-state index is 0.459. The highest BCUT2D eigenvalue weighted by molar-refractivity contribution is 5.13. The highest BCUT2D eigenvalue weighted by Crippen LogP contribution is 2.50. The monoisotopic (exact) mass is 218 g/mol. The summed E-state index contributed by atoms with van der Waals surface area (Å²) in [6.07, 6.45) is 1.35. The maximum absolute atomic E-state index is 5.77. The van der Waals surface area contributed by atoms with Gasteiger partial charge in [-0.2, -0.15) is 0 Å². The smallest absolute Gasteiger partial charge is 0.0717 e. The van der Waals surface area contributed by atoms with Crippen LogP contribution in [0.5, 0.6) is 0 Å². The fourth-order valence-corrected chi connectivity index (χ4v) is 2.39. The van der Waals surface area contributed by atoms with E-state index < -0.39 is 0 Å². The van der Waals surface area contributed by atoms with Crippen LogP contribution in [0.3, 0.4) is 0 Å². The van der Waals surface area contributed by atoms with Gasteiger partial charge in [0.25, 0.3) is 0 Å². The number of ether oxygens (including phenoxy) is 1. The minimum atomic E-state index is 0.459. The normalized spacial score (nSPS) is 24.4. The fourth-order valence-electron chi connectivity index (χ4n) is 2.39. The number of benzene rings is 1. The molecular weight excluding hydrogens is 196 g/mol. The Bertz CT molecular complexity index is 323. The lowest BCUT2D eigenvalue weighted by molar-refractivity contribution is 0.102. The summed E-state index contributed by atoms with van der Waals surface area (Å²) in [5, 5.41) is 0. The van der Waals surface area contributed by atoms with E-state index in [1.807, 2.05) is 6.07 Å². The predicted octanol–water partition coefficient (Wildman–Crippen LogP) is 3.89. The van der Waals surface area contributed by atoms with Crippen LogP contribution in [0.15, 0.2) is 30.3 Å². The molecule has 1 aliphatic rings. The molecule has 2 rings (SSSR count). The lowest BCUT2D eigenvalue weighted by Gasteiger charge is -2.18. The maximum atomic E-state index is 5.77. The summed E-state index contributed by atoms with van der Waals surface area (Å²) in [6.45, 7) is 8.67. The van der Waals surface area contributed by atoms with Crippen molar-refractivity contribution in [1.82, 2.24) is 0 Å². The number of rotatable bonds is 4. The largest absolute Gasteiger partial charge is 0.376 e. The number of hydrogen-bond donors (Lipinski definition) is 0. The van der Waals surface area contributed by atoms with Crippen molar-refractivity contribution in [1.29, 1.82) is 0 Å². The van der Waals surface area contributed by atoms with Crippen LogP contribution in [-0.2, 0) is 11.3 Å². The van der Waals surface area contributed by atoms with Crippen molar-refractivity contribution >= 4 is 0 Å². The van der Waals surface area contributed by atoms with Crippen molar-refractivity contribution in [2.45, 2.75) is 33.8 Å². The van der Waals surface area contributed by atoms with Crippen molar-refractivity contribution in [3.05, 3.63) is 35.9 Å². The first-order valence-electron chi connectivity index (χ1n) is 6.19. The highest BCUT2D eigenvalue weighted by Gasteiger charge is 2.44. The Morgan fingerprint density at radius 3 is 2.44 bits per heavy atom. The second kappa shape index (κ2) is 4.58. The van der Waals surface area contributed by atoms with Gasteiger partial charge in [0.1, 0.15) is 0 Å². The van der Waals surface area contributed by atoms with Crippen LogP contribution in [0.1, 0.15) is 32.8 Å². The van der Waals surface area contributed by atoms with E-state index in [9.17, 15) is 0 Å². The molecule has 0 bridgehead atoms. The Labute approximate surface area is 98.8 Å². The van der Waals surface area contributed by atoms with Crippen LogP contribution in [0.4, 0.5) is 0 Å². The van der Waals surface area contributed by atoms with Crippen molar-refractivity contribution in [2.24, 2.45) is 17.3 Å². The highest BCUT2D eigenvalue weighted by atomic mass is 16.5. The summed E-state index contributed by atoms with van der Waals surface area (Å²) in [7, 11) is 0. The molecule has 0 aromatic heterocycles. The van der Waals surface area contributed by atoms with Gasteiger partial charge >= 0.3 is 0 Å². The molecule has 0 heterocycles. The molecule has 0 aliphatic heterocycles. The molecular formula is C15H22O. The molecule has 0 spiro atoms. The van der Waals surface area contributed by atoms with Crippen molar-refractivity contribution in [2.75, 3.05) is 6.61 Å². The molecule has 1 saturated carbocycles. The van der Waals surface area contributed by atoms with E-state index in [4.69, 9.17) is 4.74 Å². The van der Waals surface area contributed by atoms with Crippen LogP contribution in [0, 0.1) is 17.3 Å². The molecule has 1 nitrogen and oxygen atoms in total. The molecule has 16 heavy (non-hydrogen) atoms. The molecule has 2 unspecified atom stereocenters. The van der Waals surface area contributed by atoms with Crippen molar-refractivity contribution in [3.63, 3.8) is 0 Å². The third kappa shape index (κ3) is 3.08. The van der Waals surface area contributed by atoms with E-state index in [-0.39, 0.29) is 0 Å². The number of hydrogen-bond acceptors (Lipinski definition) is 1. The van der Waals surface area contributed by atoms with Gasteiger partial charge in [0.2, 0.25) is 0 Å². The average molecular weight is 218 g/mol. The van der Waals surface area contributed by atoms with Gasteiger partial charge < -0.3 is 4.74 Å². The van der Waals surface area contributed by atoms with E-state index in [0.29, 0.717) is 5.41 Å². The first-order valence-corrected chi connectivity index (χ1v) is 6.19. The van der Waals surface area contributed by atoms with E-state index in [2.05, 4.69) is 45.0 Å². The molecule has 0 saturated heterocycles. The zero-order valence-electron chi connectivity index (χ0n) is 10.6. The second-order valence-electron chi connectivity index (χ2n) is 5.97. The van der Waals surface area contributed by atoms with E-state index >= 15 is 0 Å². The van der Waals surface area contributed by atoms with E-state index in [1.165, 1.54) is 12.0 Å². The Balaban J connectivity index is 1.68. The molecule has 2 atom stereocenters. The van der Waals surface area contributed by atoms with Gasteiger partial charge in [0.05, 0.1) is 13.2 Å². The van der Waals surface area contributed by atoms with Crippen LogP contribution < -0.4 is 0 Å². The summed E-state index contributed by atoms with van der Waals surface area (Å²) >= 11 is 0. The fraction of sp³-hybridized carbons (Fsp3) is 0.600. The standard InChI is InChI=1S/C15H22O/c1-15(2,3)14-9-13(14)11-16-10-12-7-5-4-6-8-12/h4-8,13-14H,9-11H2,1-3H3. The van der Waals surface area contributed by atoms with E-state index in [0.717, 1.165) is 25.0 Å². The van der Waals surface area contributed by atoms with Crippen molar-refractivity contribution in [3.8, 4) is 0 Å². The zero-order valence-corrected chi connectivity index (χ0v) is 10.6. The lowest BCUT2D eigenvalue weighted by atomic mass is 9.89. The van der Waals surface area contributed by atoms with E-state index in [1.54, 1.807) is 0 Å². The topological polar surface area (TPSA) is 9.23 Å². The lowest BCUT2D eigenvalue weighted by Crippen LogP contribution is -2.11. The van der Waals surface area contributed by atoms with Gasteiger partial charge in [0.15, 0.2) is 0 Å². The Morgan fingerprint density at radius 2 is 1.88 bits per heavy atom. The first-order chi connectivity index (χ1) is 7.57. The molecule has 1 fully saturated rings. The summed E-state index contributed by atoms with van der Waals surface area (Å²) in [6, 6.07) is 10.4. The molecule has 1 aliphatic carbocycles. The molecule has 0 N–H and O–H groups in total. The quantitative estimate of drug-likeness (QED) is 0.745. The molecule has 1 aromatic carbocycles. The molecule has 0 amide bonds. The first kappa shape index (κ1) is 11.7. The summed E-state index contributed by atoms with van der Waals surface area (Å²) in [5.41, 5.74) is 1.73. The Kier molecular flexibility index (Phi) is 3.34.